The highest BCUT2D eigenvalue weighted by Crippen LogP contribution is 2.37. The van der Waals surface area contributed by atoms with E-state index in [1.165, 1.54) is 0 Å². The topological polar surface area (TPSA) is 60.5 Å². The molecule has 0 spiro atoms. The SMILES string of the molecule is CCCOc1ccc(NC(=O)C2(c3ccc(Cl)cc3)CCOCC2)c(C)n1. The van der Waals surface area contributed by atoms with E-state index < -0.39 is 5.41 Å². The number of benzene rings is 1. The van der Waals surface area contributed by atoms with Gasteiger partial charge in [-0.05, 0) is 49.9 Å². The zero-order valence-corrected chi connectivity index (χ0v) is 16.5. The van der Waals surface area contributed by atoms with Crippen molar-refractivity contribution in [2.45, 2.75) is 38.5 Å². The average Bonchev–Trinajstić information content (AvgIpc) is 2.69. The minimum atomic E-state index is -0.632. The first-order valence-corrected chi connectivity index (χ1v) is 9.68. The molecule has 5 nitrogen and oxygen atoms in total. The Labute approximate surface area is 165 Å². The molecule has 1 aliphatic rings. The van der Waals surface area contributed by atoms with E-state index in [4.69, 9.17) is 21.1 Å². The third-order valence-corrected chi connectivity index (χ3v) is 5.19. The van der Waals surface area contributed by atoms with E-state index in [1.54, 1.807) is 6.07 Å². The summed E-state index contributed by atoms with van der Waals surface area (Å²) in [7, 11) is 0. The molecule has 0 bridgehead atoms. The molecule has 2 heterocycles. The molecular formula is C21H25ClN2O3. The molecule has 0 unspecified atom stereocenters. The highest BCUT2D eigenvalue weighted by Gasteiger charge is 2.41. The predicted molar refractivity (Wildman–Crippen MR) is 107 cm³/mol. The summed E-state index contributed by atoms with van der Waals surface area (Å²) >= 11 is 6.03. The second-order valence-electron chi connectivity index (χ2n) is 6.79. The molecule has 0 saturated carbocycles. The second kappa shape index (κ2) is 8.72. The van der Waals surface area contributed by atoms with Gasteiger partial charge in [0, 0.05) is 24.3 Å². The number of rotatable bonds is 6. The second-order valence-corrected chi connectivity index (χ2v) is 7.22. The van der Waals surface area contributed by atoms with Crippen molar-refractivity contribution in [3.63, 3.8) is 0 Å². The molecule has 1 aromatic heterocycles. The van der Waals surface area contributed by atoms with Gasteiger partial charge in [-0.1, -0.05) is 30.7 Å². The first-order valence-electron chi connectivity index (χ1n) is 9.31. The van der Waals surface area contributed by atoms with Crippen LogP contribution < -0.4 is 10.1 Å². The van der Waals surface area contributed by atoms with Crippen LogP contribution in [-0.4, -0.2) is 30.7 Å². The molecule has 1 saturated heterocycles. The number of amides is 1. The molecule has 1 amide bonds. The summed E-state index contributed by atoms with van der Waals surface area (Å²) < 4.78 is 11.1. The van der Waals surface area contributed by atoms with Crippen molar-refractivity contribution in [2.75, 3.05) is 25.1 Å². The van der Waals surface area contributed by atoms with E-state index in [9.17, 15) is 4.79 Å². The Morgan fingerprint density at radius 2 is 1.93 bits per heavy atom. The lowest BCUT2D eigenvalue weighted by Crippen LogP contribution is -2.45. The fraction of sp³-hybridized carbons (Fsp3) is 0.429. The summed E-state index contributed by atoms with van der Waals surface area (Å²) in [6, 6.07) is 11.2. The first-order chi connectivity index (χ1) is 13.0. The molecule has 1 N–H and O–H groups in total. The molecule has 1 aliphatic heterocycles. The Bertz CT molecular complexity index is 787. The normalized spacial score (nSPS) is 16.0. The number of pyridine rings is 1. The van der Waals surface area contributed by atoms with Crippen LogP contribution in [-0.2, 0) is 14.9 Å². The van der Waals surface area contributed by atoms with Crippen molar-refractivity contribution in [3.05, 3.63) is 52.7 Å². The smallest absolute Gasteiger partial charge is 0.235 e. The summed E-state index contributed by atoms with van der Waals surface area (Å²) in [6.07, 6.45) is 2.18. The van der Waals surface area contributed by atoms with Crippen LogP contribution in [0.3, 0.4) is 0 Å². The van der Waals surface area contributed by atoms with Crippen LogP contribution in [0, 0.1) is 6.92 Å². The molecule has 3 rings (SSSR count). The highest BCUT2D eigenvalue weighted by molar-refractivity contribution is 6.30. The van der Waals surface area contributed by atoms with E-state index in [1.807, 2.05) is 44.2 Å². The molecular weight excluding hydrogens is 364 g/mol. The molecule has 0 aliphatic carbocycles. The fourth-order valence-electron chi connectivity index (χ4n) is 3.33. The number of anilines is 1. The number of carbonyl (C=O) groups excluding carboxylic acids is 1. The maximum Gasteiger partial charge on any atom is 0.235 e. The Balaban J connectivity index is 1.84. The molecule has 144 valence electrons. The molecule has 2 aromatic rings. The summed E-state index contributed by atoms with van der Waals surface area (Å²) in [4.78, 5) is 17.8. The number of ether oxygens (including phenoxy) is 2. The third kappa shape index (κ3) is 4.42. The van der Waals surface area contributed by atoms with Crippen molar-refractivity contribution in [1.29, 1.82) is 0 Å². The number of carbonyl (C=O) groups is 1. The van der Waals surface area contributed by atoms with E-state index in [-0.39, 0.29) is 5.91 Å². The lowest BCUT2D eigenvalue weighted by Gasteiger charge is -2.36. The molecule has 0 radical (unpaired) electrons. The van der Waals surface area contributed by atoms with Gasteiger partial charge in [0.2, 0.25) is 11.8 Å². The summed E-state index contributed by atoms with van der Waals surface area (Å²) in [5.41, 5.74) is 1.76. The van der Waals surface area contributed by atoms with Gasteiger partial charge in [-0.3, -0.25) is 4.79 Å². The molecule has 27 heavy (non-hydrogen) atoms. The van der Waals surface area contributed by atoms with Crippen molar-refractivity contribution in [3.8, 4) is 5.88 Å². The lowest BCUT2D eigenvalue weighted by molar-refractivity contribution is -0.125. The van der Waals surface area contributed by atoms with Gasteiger partial charge in [0.15, 0.2) is 0 Å². The zero-order chi connectivity index (χ0) is 19.3. The van der Waals surface area contributed by atoms with Crippen molar-refractivity contribution in [1.82, 2.24) is 4.98 Å². The Morgan fingerprint density at radius 1 is 1.22 bits per heavy atom. The van der Waals surface area contributed by atoms with Crippen LogP contribution in [0.1, 0.15) is 37.4 Å². The number of aromatic nitrogens is 1. The maximum atomic E-state index is 13.3. The van der Waals surface area contributed by atoms with Gasteiger partial charge < -0.3 is 14.8 Å². The van der Waals surface area contributed by atoms with Crippen molar-refractivity contribution in [2.24, 2.45) is 0 Å². The van der Waals surface area contributed by atoms with Gasteiger partial charge in [-0.25, -0.2) is 4.98 Å². The Morgan fingerprint density at radius 3 is 2.56 bits per heavy atom. The van der Waals surface area contributed by atoms with E-state index in [0.717, 1.165) is 17.7 Å². The van der Waals surface area contributed by atoms with Crippen molar-refractivity contribution < 1.29 is 14.3 Å². The Kier molecular flexibility index (Phi) is 6.34. The lowest BCUT2D eigenvalue weighted by atomic mass is 9.73. The van der Waals surface area contributed by atoms with E-state index in [2.05, 4.69) is 10.3 Å². The number of halogens is 1. The number of hydrogen-bond acceptors (Lipinski definition) is 4. The van der Waals surface area contributed by atoms with Gasteiger partial charge in [0.1, 0.15) is 0 Å². The Hall–Kier alpha value is -2.11. The van der Waals surface area contributed by atoms with E-state index in [0.29, 0.717) is 49.3 Å². The number of hydrogen-bond donors (Lipinski definition) is 1. The average molecular weight is 389 g/mol. The van der Waals surface area contributed by atoms with Crippen LogP contribution in [0.15, 0.2) is 36.4 Å². The monoisotopic (exact) mass is 388 g/mol. The largest absolute Gasteiger partial charge is 0.478 e. The molecule has 0 atom stereocenters. The quantitative estimate of drug-likeness (QED) is 0.790. The summed E-state index contributed by atoms with van der Waals surface area (Å²) in [5, 5.41) is 3.73. The number of nitrogens with zero attached hydrogens (tertiary/aromatic N) is 1. The first kappa shape index (κ1) is 19.6. The van der Waals surface area contributed by atoms with Crippen LogP contribution in [0.25, 0.3) is 0 Å². The standard InChI is InChI=1S/C21H25ClN2O3/c1-3-12-27-19-9-8-18(15(2)23-19)24-20(25)21(10-13-26-14-11-21)16-4-6-17(22)7-5-16/h4-9H,3,10-14H2,1-2H3,(H,24,25). The van der Waals surface area contributed by atoms with Gasteiger partial charge in [-0.15, -0.1) is 0 Å². The summed E-state index contributed by atoms with van der Waals surface area (Å²) in [5.74, 6) is 0.533. The fourth-order valence-corrected chi connectivity index (χ4v) is 3.46. The number of nitrogens with one attached hydrogen (secondary N) is 1. The van der Waals surface area contributed by atoms with Gasteiger partial charge >= 0.3 is 0 Å². The van der Waals surface area contributed by atoms with Crippen LogP contribution in [0.4, 0.5) is 5.69 Å². The van der Waals surface area contributed by atoms with E-state index >= 15 is 0 Å². The minimum Gasteiger partial charge on any atom is -0.478 e. The number of aryl methyl sites for hydroxylation is 1. The zero-order valence-electron chi connectivity index (χ0n) is 15.8. The highest BCUT2D eigenvalue weighted by atomic mass is 35.5. The van der Waals surface area contributed by atoms with Crippen molar-refractivity contribution >= 4 is 23.2 Å². The van der Waals surface area contributed by atoms with Gasteiger partial charge in [0.05, 0.1) is 23.4 Å². The predicted octanol–water partition coefficient (Wildman–Crippen LogP) is 4.52. The minimum absolute atomic E-state index is 0.0414. The van der Waals surface area contributed by atoms with Crippen LogP contribution in [0.2, 0.25) is 5.02 Å². The maximum absolute atomic E-state index is 13.3. The molecule has 1 fully saturated rings. The third-order valence-electron chi connectivity index (χ3n) is 4.94. The molecule has 6 heteroatoms. The summed E-state index contributed by atoms with van der Waals surface area (Å²) in [6.45, 7) is 5.64. The van der Waals surface area contributed by atoms with Crippen LogP contribution in [0.5, 0.6) is 5.88 Å². The van der Waals surface area contributed by atoms with Gasteiger partial charge in [-0.2, -0.15) is 0 Å². The van der Waals surface area contributed by atoms with Crippen LogP contribution >= 0.6 is 11.6 Å². The molecule has 1 aromatic carbocycles. The van der Waals surface area contributed by atoms with Gasteiger partial charge in [0.25, 0.3) is 0 Å².